The fraction of sp³-hybridized carbons (Fsp3) is 0.714. The first kappa shape index (κ1) is 16.1. The van der Waals surface area contributed by atoms with E-state index in [4.69, 9.17) is 0 Å². The smallest absolute Gasteiger partial charge is 0.000976 e. The predicted octanol–water partition coefficient (Wildman–Crippen LogP) is 5.16. The van der Waals surface area contributed by atoms with Crippen molar-refractivity contribution in [3.8, 4) is 0 Å². The number of piperidine rings is 1. The average Bonchev–Trinajstić information content (AvgIpc) is 2.95. The third-order valence-corrected chi connectivity index (χ3v) is 5.95. The van der Waals surface area contributed by atoms with Crippen molar-refractivity contribution in [3.63, 3.8) is 0 Å². The van der Waals surface area contributed by atoms with Crippen molar-refractivity contribution in [1.29, 1.82) is 0 Å². The Morgan fingerprint density at radius 1 is 0.955 bits per heavy atom. The Bertz CT molecular complexity index is 419. The molecule has 2 unspecified atom stereocenters. The molecule has 0 amide bonds. The number of hydrogen-bond donors (Lipinski definition) is 0. The zero-order chi connectivity index (χ0) is 15.2. The van der Waals surface area contributed by atoms with Gasteiger partial charge in [0.1, 0.15) is 0 Å². The Labute approximate surface area is 137 Å². The second kappa shape index (κ2) is 8.15. The van der Waals surface area contributed by atoms with Gasteiger partial charge in [-0.3, -0.25) is 0 Å². The van der Waals surface area contributed by atoms with E-state index in [0.29, 0.717) is 0 Å². The number of aryl methyl sites for hydroxylation is 1. The molecule has 2 atom stereocenters. The average molecular weight is 300 g/mol. The molecule has 1 saturated heterocycles. The van der Waals surface area contributed by atoms with Gasteiger partial charge in [0, 0.05) is 6.54 Å². The molecule has 1 aromatic carbocycles. The van der Waals surface area contributed by atoms with Gasteiger partial charge in [0.15, 0.2) is 0 Å². The van der Waals surface area contributed by atoms with E-state index in [1.54, 1.807) is 0 Å². The number of likely N-dealkylation sites (tertiary alicyclic amines) is 1. The van der Waals surface area contributed by atoms with Crippen LogP contribution in [-0.2, 0) is 6.42 Å². The van der Waals surface area contributed by atoms with Gasteiger partial charge in [0.05, 0.1) is 0 Å². The summed E-state index contributed by atoms with van der Waals surface area (Å²) in [6.45, 7) is 6.54. The molecule has 22 heavy (non-hydrogen) atoms. The van der Waals surface area contributed by atoms with Gasteiger partial charge in [-0.25, -0.2) is 0 Å². The molecule has 1 aliphatic carbocycles. The molecule has 1 aliphatic heterocycles. The lowest BCUT2D eigenvalue weighted by atomic mass is 9.90. The molecule has 2 aliphatic rings. The van der Waals surface area contributed by atoms with Crippen molar-refractivity contribution >= 4 is 0 Å². The Morgan fingerprint density at radius 3 is 2.41 bits per heavy atom. The van der Waals surface area contributed by atoms with Crippen molar-refractivity contribution in [1.82, 2.24) is 4.90 Å². The lowest BCUT2D eigenvalue weighted by Gasteiger charge is -2.33. The predicted molar refractivity (Wildman–Crippen MR) is 95.0 cm³/mol. The van der Waals surface area contributed by atoms with Gasteiger partial charge >= 0.3 is 0 Å². The maximum atomic E-state index is 2.76. The molecule has 1 aromatic rings. The van der Waals surface area contributed by atoms with E-state index in [2.05, 4.69) is 42.2 Å². The summed E-state index contributed by atoms with van der Waals surface area (Å²) in [6, 6.07) is 11.0. The Balaban J connectivity index is 1.30. The van der Waals surface area contributed by atoms with Crippen LogP contribution in [0.2, 0.25) is 0 Å². The first-order valence-electron chi connectivity index (χ1n) is 9.56. The van der Waals surface area contributed by atoms with Crippen LogP contribution in [0.15, 0.2) is 30.3 Å². The Kier molecular flexibility index (Phi) is 5.95. The van der Waals surface area contributed by atoms with Crippen molar-refractivity contribution in [3.05, 3.63) is 35.9 Å². The van der Waals surface area contributed by atoms with Crippen LogP contribution in [0.25, 0.3) is 0 Å². The molecular formula is C21H33N. The van der Waals surface area contributed by atoms with Gasteiger partial charge in [0.2, 0.25) is 0 Å². The van der Waals surface area contributed by atoms with Gasteiger partial charge in [-0.05, 0) is 74.9 Å². The number of nitrogens with zero attached hydrogens (tertiary/aromatic N) is 1. The fourth-order valence-corrected chi connectivity index (χ4v) is 4.55. The number of hydrogen-bond acceptors (Lipinski definition) is 1. The highest BCUT2D eigenvalue weighted by Crippen LogP contribution is 2.32. The first-order chi connectivity index (χ1) is 10.8. The van der Waals surface area contributed by atoms with Crippen molar-refractivity contribution in [2.75, 3.05) is 19.6 Å². The third kappa shape index (κ3) is 4.84. The molecule has 1 heteroatoms. The van der Waals surface area contributed by atoms with Crippen molar-refractivity contribution in [2.45, 2.75) is 58.3 Å². The maximum absolute atomic E-state index is 2.76. The van der Waals surface area contributed by atoms with E-state index in [0.717, 1.165) is 17.8 Å². The highest BCUT2D eigenvalue weighted by atomic mass is 15.1. The second-order valence-electron chi connectivity index (χ2n) is 7.91. The Hall–Kier alpha value is -0.820. The maximum Gasteiger partial charge on any atom is 0.000976 e. The molecular weight excluding hydrogens is 266 g/mol. The molecule has 122 valence electrons. The van der Waals surface area contributed by atoms with Gasteiger partial charge in [-0.15, -0.1) is 0 Å². The summed E-state index contributed by atoms with van der Waals surface area (Å²) < 4.78 is 0. The molecule has 3 rings (SSSR count). The minimum atomic E-state index is 0.987. The van der Waals surface area contributed by atoms with E-state index in [9.17, 15) is 0 Å². The summed E-state index contributed by atoms with van der Waals surface area (Å²) >= 11 is 0. The van der Waals surface area contributed by atoms with Crippen LogP contribution in [0, 0.1) is 17.8 Å². The van der Waals surface area contributed by atoms with Crippen molar-refractivity contribution in [2.24, 2.45) is 17.8 Å². The molecule has 0 bridgehead atoms. The summed E-state index contributed by atoms with van der Waals surface area (Å²) in [4.78, 5) is 2.76. The van der Waals surface area contributed by atoms with Crippen LogP contribution in [0.4, 0.5) is 0 Å². The van der Waals surface area contributed by atoms with Gasteiger partial charge in [0.25, 0.3) is 0 Å². The zero-order valence-corrected chi connectivity index (χ0v) is 14.3. The summed E-state index contributed by atoms with van der Waals surface area (Å²) in [5.74, 6) is 2.98. The van der Waals surface area contributed by atoms with E-state index in [1.165, 1.54) is 76.6 Å². The van der Waals surface area contributed by atoms with Crippen LogP contribution in [0.1, 0.15) is 57.4 Å². The fourth-order valence-electron chi connectivity index (χ4n) is 4.55. The minimum Gasteiger partial charge on any atom is -0.303 e. The monoisotopic (exact) mass is 299 g/mol. The molecule has 0 aromatic heterocycles. The summed E-state index contributed by atoms with van der Waals surface area (Å²) in [6.07, 6.45) is 11.4. The molecule has 0 N–H and O–H groups in total. The van der Waals surface area contributed by atoms with E-state index in [-0.39, 0.29) is 0 Å². The number of benzene rings is 1. The highest BCUT2D eigenvalue weighted by molar-refractivity contribution is 5.14. The zero-order valence-electron chi connectivity index (χ0n) is 14.3. The van der Waals surface area contributed by atoms with Gasteiger partial charge in [-0.1, -0.05) is 50.1 Å². The van der Waals surface area contributed by atoms with Crippen LogP contribution >= 0.6 is 0 Å². The Morgan fingerprint density at radius 2 is 1.73 bits per heavy atom. The van der Waals surface area contributed by atoms with Crippen LogP contribution in [-0.4, -0.2) is 24.5 Å². The summed E-state index contributed by atoms with van der Waals surface area (Å²) in [5.41, 5.74) is 1.51. The molecule has 1 saturated carbocycles. The third-order valence-electron chi connectivity index (χ3n) is 5.95. The van der Waals surface area contributed by atoms with Gasteiger partial charge in [-0.2, -0.15) is 0 Å². The summed E-state index contributed by atoms with van der Waals surface area (Å²) in [5, 5.41) is 0. The van der Waals surface area contributed by atoms with Crippen molar-refractivity contribution < 1.29 is 0 Å². The van der Waals surface area contributed by atoms with Gasteiger partial charge < -0.3 is 4.90 Å². The van der Waals surface area contributed by atoms with Crippen LogP contribution < -0.4 is 0 Å². The number of rotatable bonds is 6. The lowest BCUT2D eigenvalue weighted by molar-refractivity contribution is 0.155. The van der Waals surface area contributed by atoms with Crippen LogP contribution in [0.5, 0.6) is 0 Å². The topological polar surface area (TPSA) is 3.24 Å². The summed E-state index contributed by atoms with van der Waals surface area (Å²) in [7, 11) is 0. The SMILES string of the molecule is CC1CCC(CN2CCC(CCCc3ccccc3)CC2)C1. The standard InChI is InChI=1S/C21H33N/c1-18-10-11-21(16-18)17-22-14-12-20(13-15-22)9-5-8-19-6-3-2-4-7-19/h2-4,6-7,18,20-21H,5,8-17H2,1H3. The highest BCUT2D eigenvalue weighted by Gasteiger charge is 2.25. The quantitative estimate of drug-likeness (QED) is 0.701. The minimum absolute atomic E-state index is 0.987. The van der Waals surface area contributed by atoms with E-state index in [1.807, 2.05) is 0 Å². The lowest BCUT2D eigenvalue weighted by Crippen LogP contribution is -2.36. The molecule has 2 fully saturated rings. The molecule has 1 nitrogen and oxygen atoms in total. The molecule has 1 heterocycles. The second-order valence-corrected chi connectivity index (χ2v) is 7.91. The van der Waals surface area contributed by atoms with E-state index < -0.39 is 0 Å². The normalized spacial score (nSPS) is 27.3. The van der Waals surface area contributed by atoms with Crippen LogP contribution in [0.3, 0.4) is 0 Å². The largest absolute Gasteiger partial charge is 0.303 e. The first-order valence-corrected chi connectivity index (χ1v) is 9.56. The molecule has 0 spiro atoms. The van der Waals surface area contributed by atoms with E-state index >= 15 is 0 Å². The molecule has 0 radical (unpaired) electrons.